The van der Waals surface area contributed by atoms with Crippen LogP contribution in [-0.2, 0) is 6.42 Å². The minimum absolute atomic E-state index is 0.784. The SMILES string of the molecule is Cc1cccc(Sc2ncnc3c2NC/C=C\C=C/C3)c1. The highest BCUT2D eigenvalue weighted by atomic mass is 32.2. The normalized spacial score (nSPS) is 16.8. The van der Waals surface area contributed by atoms with Crippen LogP contribution in [0.1, 0.15) is 11.3 Å². The summed E-state index contributed by atoms with van der Waals surface area (Å²) in [5.74, 6) is 0. The first-order chi connectivity index (χ1) is 10.3. The molecule has 106 valence electrons. The summed E-state index contributed by atoms with van der Waals surface area (Å²) in [5, 5.41) is 4.42. The van der Waals surface area contributed by atoms with Crippen molar-refractivity contribution in [3.63, 3.8) is 0 Å². The summed E-state index contributed by atoms with van der Waals surface area (Å²) in [6.07, 6.45) is 10.8. The molecular formula is C17H17N3S. The Morgan fingerprint density at radius 2 is 2.05 bits per heavy atom. The minimum atomic E-state index is 0.784. The Kier molecular flexibility index (Phi) is 4.36. The van der Waals surface area contributed by atoms with E-state index in [1.54, 1.807) is 18.1 Å². The van der Waals surface area contributed by atoms with Gasteiger partial charge in [-0.25, -0.2) is 9.97 Å². The molecule has 2 aromatic rings. The molecule has 3 rings (SSSR count). The van der Waals surface area contributed by atoms with Crippen LogP contribution >= 0.6 is 11.8 Å². The van der Waals surface area contributed by atoms with E-state index in [-0.39, 0.29) is 0 Å². The van der Waals surface area contributed by atoms with Crippen molar-refractivity contribution >= 4 is 17.4 Å². The van der Waals surface area contributed by atoms with E-state index < -0.39 is 0 Å². The molecule has 0 aliphatic carbocycles. The molecule has 0 saturated heterocycles. The predicted octanol–water partition coefficient (Wildman–Crippen LogP) is 4.02. The van der Waals surface area contributed by atoms with Gasteiger partial charge in [0.25, 0.3) is 0 Å². The van der Waals surface area contributed by atoms with Gasteiger partial charge in [-0.05, 0) is 19.1 Å². The summed E-state index contributed by atoms with van der Waals surface area (Å²) < 4.78 is 0. The second-order valence-corrected chi connectivity index (χ2v) is 5.92. The van der Waals surface area contributed by atoms with Gasteiger partial charge in [0.2, 0.25) is 0 Å². The smallest absolute Gasteiger partial charge is 0.128 e. The minimum Gasteiger partial charge on any atom is -0.378 e. The van der Waals surface area contributed by atoms with Crippen LogP contribution in [0.3, 0.4) is 0 Å². The van der Waals surface area contributed by atoms with Crippen molar-refractivity contribution < 1.29 is 0 Å². The van der Waals surface area contributed by atoms with E-state index in [2.05, 4.69) is 70.8 Å². The third-order valence-electron chi connectivity index (χ3n) is 3.19. The van der Waals surface area contributed by atoms with Crippen LogP contribution in [0.5, 0.6) is 0 Å². The zero-order valence-corrected chi connectivity index (χ0v) is 12.7. The molecule has 0 amide bonds. The molecule has 0 radical (unpaired) electrons. The number of hydrogen-bond acceptors (Lipinski definition) is 4. The molecule has 4 heteroatoms. The molecule has 1 aromatic carbocycles. The lowest BCUT2D eigenvalue weighted by Gasteiger charge is -2.12. The molecule has 0 unspecified atom stereocenters. The van der Waals surface area contributed by atoms with Gasteiger partial charge in [-0.3, -0.25) is 0 Å². The molecule has 1 aliphatic heterocycles. The Balaban J connectivity index is 1.94. The molecule has 1 aromatic heterocycles. The Morgan fingerprint density at radius 1 is 1.14 bits per heavy atom. The molecule has 2 heterocycles. The van der Waals surface area contributed by atoms with Crippen molar-refractivity contribution in [2.75, 3.05) is 11.9 Å². The fourth-order valence-electron chi connectivity index (χ4n) is 2.17. The van der Waals surface area contributed by atoms with Gasteiger partial charge < -0.3 is 5.32 Å². The average molecular weight is 295 g/mol. The lowest BCUT2D eigenvalue weighted by molar-refractivity contribution is 0.973. The Hall–Kier alpha value is -2.07. The summed E-state index contributed by atoms with van der Waals surface area (Å²) >= 11 is 1.68. The van der Waals surface area contributed by atoms with Crippen molar-refractivity contribution in [1.29, 1.82) is 0 Å². The number of aromatic nitrogens is 2. The molecule has 1 N–H and O–H groups in total. The van der Waals surface area contributed by atoms with Gasteiger partial charge in [-0.1, -0.05) is 53.8 Å². The van der Waals surface area contributed by atoms with Gasteiger partial charge in [0.15, 0.2) is 0 Å². The quantitative estimate of drug-likeness (QED) is 0.849. The van der Waals surface area contributed by atoms with Crippen LogP contribution in [0.15, 0.2) is 64.8 Å². The van der Waals surface area contributed by atoms with Gasteiger partial charge in [0.1, 0.15) is 11.4 Å². The Morgan fingerprint density at radius 3 is 2.95 bits per heavy atom. The lowest BCUT2D eigenvalue weighted by Crippen LogP contribution is -2.06. The number of aryl methyl sites for hydroxylation is 1. The fourth-order valence-corrected chi connectivity index (χ4v) is 3.18. The summed E-state index contributed by atoms with van der Waals surface area (Å²) in [5.41, 5.74) is 3.34. The molecule has 1 aliphatic rings. The van der Waals surface area contributed by atoms with Crippen molar-refractivity contribution in [2.45, 2.75) is 23.3 Å². The van der Waals surface area contributed by atoms with Crippen molar-refractivity contribution in [1.82, 2.24) is 9.97 Å². The zero-order valence-electron chi connectivity index (χ0n) is 11.9. The van der Waals surface area contributed by atoms with Gasteiger partial charge in [0.05, 0.1) is 11.4 Å². The molecule has 0 spiro atoms. The van der Waals surface area contributed by atoms with E-state index in [9.17, 15) is 0 Å². The molecule has 0 saturated carbocycles. The first kappa shape index (κ1) is 13.9. The van der Waals surface area contributed by atoms with E-state index >= 15 is 0 Å². The standard InChI is InChI=1S/C17H17N3S/c1-13-7-6-8-14(11-13)21-17-16-15(19-12-20-17)9-4-2-3-5-10-18-16/h2-8,11-12,18H,9-10H2,1H3/b4-2-,5-3-. The van der Waals surface area contributed by atoms with Crippen LogP contribution in [0.2, 0.25) is 0 Å². The van der Waals surface area contributed by atoms with Crippen LogP contribution in [-0.4, -0.2) is 16.5 Å². The third kappa shape index (κ3) is 3.52. The Labute approximate surface area is 129 Å². The average Bonchev–Trinajstić information content (AvgIpc) is 2.59. The topological polar surface area (TPSA) is 37.8 Å². The van der Waals surface area contributed by atoms with Crippen LogP contribution < -0.4 is 5.32 Å². The summed E-state index contributed by atoms with van der Waals surface area (Å²) in [4.78, 5) is 10.1. The van der Waals surface area contributed by atoms with E-state index in [1.807, 2.05) is 0 Å². The van der Waals surface area contributed by atoms with E-state index in [0.29, 0.717) is 0 Å². The molecule has 3 nitrogen and oxygen atoms in total. The number of nitrogens with zero attached hydrogens (tertiary/aromatic N) is 2. The number of anilines is 1. The fraction of sp³-hybridized carbons (Fsp3) is 0.176. The number of hydrogen-bond donors (Lipinski definition) is 1. The van der Waals surface area contributed by atoms with Gasteiger partial charge in [-0.2, -0.15) is 0 Å². The number of nitrogens with one attached hydrogen (secondary N) is 1. The number of benzene rings is 1. The van der Waals surface area contributed by atoms with Gasteiger partial charge in [0, 0.05) is 17.9 Å². The molecular weight excluding hydrogens is 278 g/mol. The maximum atomic E-state index is 4.46. The highest BCUT2D eigenvalue weighted by molar-refractivity contribution is 7.99. The van der Waals surface area contributed by atoms with Crippen LogP contribution in [0.25, 0.3) is 0 Å². The van der Waals surface area contributed by atoms with E-state index in [0.717, 1.165) is 29.4 Å². The summed E-state index contributed by atoms with van der Waals surface area (Å²) in [6, 6.07) is 8.47. The third-order valence-corrected chi connectivity index (χ3v) is 4.18. The number of allylic oxidation sites excluding steroid dienone is 3. The maximum Gasteiger partial charge on any atom is 0.128 e. The van der Waals surface area contributed by atoms with Gasteiger partial charge >= 0.3 is 0 Å². The second-order valence-electron chi connectivity index (χ2n) is 4.86. The van der Waals surface area contributed by atoms with Crippen LogP contribution in [0.4, 0.5) is 5.69 Å². The molecule has 0 bridgehead atoms. The highest BCUT2D eigenvalue weighted by Gasteiger charge is 2.12. The van der Waals surface area contributed by atoms with Crippen molar-refractivity contribution in [2.24, 2.45) is 0 Å². The highest BCUT2D eigenvalue weighted by Crippen LogP contribution is 2.33. The van der Waals surface area contributed by atoms with Crippen molar-refractivity contribution in [3.8, 4) is 0 Å². The second kappa shape index (κ2) is 6.59. The first-order valence-corrected chi connectivity index (χ1v) is 7.78. The first-order valence-electron chi connectivity index (χ1n) is 6.97. The molecule has 21 heavy (non-hydrogen) atoms. The number of fused-ring (bicyclic) bond motifs is 1. The summed E-state index contributed by atoms with van der Waals surface area (Å²) in [6.45, 7) is 2.89. The molecule has 0 atom stereocenters. The van der Waals surface area contributed by atoms with E-state index in [1.165, 1.54) is 10.5 Å². The lowest BCUT2D eigenvalue weighted by atomic mass is 10.2. The maximum absolute atomic E-state index is 4.46. The zero-order chi connectivity index (χ0) is 14.5. The van der Waals surface area contributed by atoms with Gasteiger partial charge in [-0.15, -0.1) is 0 Å². The predicted molar refractivity (Wildman–Crippen MR) is 87.8 cm³/mol. The number of rotatable bonds is 2. The van der Waals surface area contributed by atoms with Crippen LogP contribution in [0, 0.1) is 6.92 Å². The van der Waals surface area contributed by atoms with E-state index in [4.69, 9.17) is 0 Å². The largest absolute Gasteiger partial charge is 0.378 e. The van der Waals surface area contributed by atoms with Crippen molar-refractivity contribution in [3.05, 3.63) is 66.2 Å². The summed E-state index contributed by atoms with van der Waals surface area (Å²) in [7, 11) is 0. The Bertz CT molecular complexity index is 692. The monoisotopic (exact) mass is 295 g/mol. The molecule has 0 fully saturated rings.